The molecule has 0 bridgehead atoms. The first kappa shape index (κ1) is 17.0. The highest BCUT2D eigenvalue weighted by Gasteiger charge is 2.18. The van der Waals surface area contributed by atoms with Gasteiger partial charge in [0, 0.05) is 31.0 Å². The molecule has 3 N–H and O–H groups in total. The molecule has 4 heteroatoms. The molecule has 2 aromatic rings. The summed E-state index contributed by atoms with van der Waals surface area (Å²) in [5.74, 6) is 0.751. The predicted octanol–water partition coefficient (Wildman–Crippen LogP) is 4.03. The lowest BCUT2D eigenvalue weighted by Gasteiger charge is -2.26. The van der Waals surface area contributed by atoms with Gasteiger partial charge in [0.05, 0.1) is 11.4 Å². The molecular formula is C21H24N4. The smallest absolute Gasteiger partial charge is 0.154 e. The molecule has 25 heavy (non-hydrogen) atoms. The highest BCUT2D eigenvalue weighted by molar-refractivity contribution is 6.10. The standard InChI is InChI=1S/C21H24N4/c1-14-6-5-7-19(15(14)2)20-13-25(4)16(3)21(24-20)23-18-10-8-17(12-22)9-11-18/h5-11,13H,3,12,22H2,1-2,4H3,(H,23,24). The zero-order valence-corrected chi connectivity index (χ0v) is 15.0. The first-order valence-electron chi connectivity index (χ1n) is 8.35. The molecule has 0 aliphatic carbocycles. The molecule has 1 heterocycles. The molecule has 1 aliphatic heterocycles. The van der Waals surface area contributed by atoms with Gasteiger partial charge < -0.3 is 16.0 Å². The number of nitrogens with one attached hydrogen (secondary N) is 1. The van der Waals surface area contributed by atoms with E-state index in [0.717, 1.165) is 34.0 Å². The van der Waals surface area contributed by atoms with E-state index in [1.165, 1.54) is 11.1 Å². The topological polar surface area (TPSA) is 53.6 Å². The Hall–Kier alpha value is -2.85. The van der Waals surface area contributed by atoms with E-state index in [1.807, 2.05) is 42.4 Å². The Labute approximate surface area is 149 Å². The van der Waals surface area contributed by atoms with E-state index in [4.69, 9.17) is 10.7 Å². The van der Waals surface area contributed by atoms with Crippen LogP contribution in [-0.2, 0) is 6.54 Å². The summed E-state index contributed by atoms with van der Waals surface area (Å²) in [5.41, 5.74) is 13.1. The molecular weight excluding hydrogens is 308 g/mol. The Kier molecular flexibility index (Phi) is 4.72. The minimum atomic E-state index is 0.538. The lowest BCUT2D eigenvalue weighted by Crippen LogP contribution is -2.27. The van der Waals surface area contributed by atoms with E-state index >= 15 is 0 Å². The van der Waals surface area contributed by atoms with Crippen LogP contribution in [0.4, 0.5) is 5.69 Å². The highest BCUT2D eigenvalue weighted by Crippen LogP contribution is 2.27. The number of rotatable bonds is 3. The monoisotopic (exact) mass is 332 g/mol. The maximum absolute atomic E-state index is 5.66. The fourth-order valence-corrected chi connectivity index (χ4v) is 2.76. The van der Waals surface area contributed by atoms with Gasteiger partial charge in [-0.3, -0.25) is 0 Å². The van der Waals surface area contributed by atoms with Gasteiger partial charge in [-0.15, -0.1) is 0 Å². The van der Waals surface area contributed by atoms with Crippen molar-refractivity contribution in [1.29, 1.82) is 0 Å². The molecule has 4 nitrogen and oxygen atoms in total. The Morgan fingerprint density at radius 3 is 2.52 bits per heavy atom. The van der Waals surface area contributed by atoms with Crippen LogP contribution < -0.4 is 11.1 Å². The van der Waals surface area contributed by atoms with Crippen LogP contribution in [0, 0.1) is 13.8 Å². The molecule has 0 radical (unpaired) electrons. The maximum atomic E-state index is 5.66. The first-order valence-corrected chi connectivity index (χ1v) is 8.35. The van der Waals surface area contributed by atoms with Crippen LogP contribution in [0.5, 0.6) is 0 Å². The van der Waals surface area contributed by atoms with Crippen LogP contribution in [0.25, 0.3) is 5.70 Å². The Balaban J connectivity index is 1.94. The molecule has 0 saturated heterocycles. The molecule has 0 spiro atoms. The fraction of sp³-hybridized carbons (Fsp3) is 0.190. The average Bonchev–Trinajstić information content (AvgIpc) is 2.62. The average molecular weight is 332 g/mol. The number of benzene rings is 2. The van der Waals surface area contributed by atoms with Crippen molar-refractivity contribution in [3.8, 4) is 0 Å². The number of amidine groups is 1. The third-order valence-electron chi connectivity index (χ3n) is 4.58. The summed E-state index contributed by atoms with van der Waals surface area (Å²) in [5, 5.41) is 3.37. The van der Waals surface area contributed by atoms with Gasteiger partial charge in [-0.05, 0) is 42.7 Å². The molecule has 0 fully saturated rings. The number of nitrogens with two attached hydrogens (primary N) is 1. The largest absolute Gasteiger partial charge is 0.346 e. The normalized spacial score (nSPS) is 14.2. The van der Waals surface area contributed by atoms with Gasteiger partial charge in [-0.2, -0.15) is 0 Å². The number of aryl methyl sites for hydroxylation is 1. The van der Waals surface area contributed by atoms with Crippen molar-refractivity contribution < 1.29 is 0 Å². The Bertz CT molecular complexity index is 860. The van der Waals surface area contributed by atoms with Gasteiger partial charge >= 0.3 is 0 Å². The molecule has 128 valence electrons. The third-order valence-corrected chi connectivity index (χ3v) is 4.58. The molecule has 0 aromatic heterocycles. The first-order chi connectivity index (χ1) is 12.0. The Morgan fingerprint density at radius 2 is 1.84 bits per heavy atom. The zero-order valence-electron chi connectivity index (χ0n) is 15.0. The molecule has 0 atom stereocenters. The summed E-state index contributed by atoms with van der Waals surface area (Å²) in [6.45, 7) is 8.93. The molecule has 1 aliphatic rings. The number of likely N-dealkylation sites (N-methyl/N-ethyl adjacent to an activating group) is 1. The maximum Gasteiger partial charge on any atom is 0.154 e. The molecule has 0 amide bonds. The van der Waals surface area contributed by atoms with E-state index in [1.54, 1.807) is 0 Å². The van der Waals surface area contributed by atoms with Crippen molar-refractivity contribution in [3.63, 3.8) is 0 Å². The zero-order chi connectivity index (χ0) is 18.0. The number of hydrogen-bond acceptors (Lipinski definition) is 4. The summed E-state index contributed by atoms with van der Waals surface area (Å²) >= 11 is 0. The van der Waals surface area contributed by atoms with Crippen molar-refractivity contribution in [3.05, 3.63) is 83.2 Å². The summed E-state index contributed by atoms with van der Waals surface area (Å²) in [6.07, 6.45) is 2.02. The SMILES string of the molecule is C=C1C(Nc2ccc(CN)cc2)=NC(c2cccc(C)c2C)=CN1C. The lowest BCUT2D eigenvalue weighted by atomic mass is 10.0. The number of nitrogens with zero attached hydrogens (tertiary/aromatic N) is 2. The van der Waals surface area contributed by atoms with Crippen LogP contribution in [0.1, 0.15) is 22.3 Å². The van der Waals surface area contributed by atoms with Gasteiger partial charge in [-0.25, -0.2) is 4.99 Å². The second-order valence-electron chi connectivity index (χ2n) is 6.31. The second-order valence-corrected chi connectivity index (χ2v) is 6.31. The number of hydrogen-bond donors (Lipinski definition) is 2. The van der Waals surface area contributed by atoms with Gasteiger partial charge in [0.2, 0.25) is 0 Å². The fourth-order valence-electron chi connectivity index (χ4n) is 2.76. The lowest BCUT2D eigenvalue weighted by molar-refractivity contribution is 0.597. The van der Waals surface area contributed by atoms with Crippen molar-refractivity contribution in [2.24, 2.45) is 10.7 Å². The van der Waals surface area contributed by atoms with Crippen LogP contribution in [0.2, 0.25) is 0 Å². The molecule has 3 rings (SSSR count). The quantitative estimate of drug-likeness (QED) is 0.892. The van der Waals surface area contributed by atoms with Gasteiger partial charge in [-0.1, -0.05) is 36.9 Å². The van der Waals surface area contributed by atoms with Crippen molar-refractivity contribution in [2.75, 3.05) is 12.4 Å². The van der Waals surface area contributed by atoms with Gasteiger partial charge in [0.1, 0.15) is 0 Å². The number of aliphatic imine (C=N–C) groups is 1. The van der Waals surface area contributed by atoms with Crippen LogP contribution in [0.15, 0.2) is 65.9 Å². The van der Waals surface area contributed by atoms with Crippen LogP contribution in [0.3, 0.4) is 0 Å². The van der Waals surface area contributed by atoms with E-state index in [9.17, 15) is 0 Å². The second kappa shape index (κ2) is 6.95. The summed E-state index contributed by atoms with van der Waals surface area (Å²) in [6, 6.07) is 14.3. The van der Waals surface area contributed by atoms with Gasteiger partial charge in [0.25, 0.3) is 0 Å². The number of anilines is 1. The predicted molar refractivity (Wildman–Crippen MR) is 106 cm³/mol. The summed E-state index contributed by atoms with van der Waals surface area (Å²) in [7, 11) is 1.99. The summed E-state index contributed by atoms with van der Waals surface area (Å²) < 4.78 is 0. The molecule has 0 unspecified atom stereocenters. The van der Waals surface area contributed by atoms with E-state index in [-0.39, 0.29) is 0 Å². The van der Waals surface area contributed by atoms with Crippen molar-refractivity contribution in [2.45, 2.75) is 20.4 Å². The van der Waals surface area contributed by atoms with E-state index < -0.39 is 0 Å². The third kappa shape index (κ3) is 3.49. The van der Waals surface area contributed by atoms with Gasteiger partial charge in [0.15, 0.2) is 5.84 Å². The molecule has 0 saturated carbocycles. The van der Waals surface area contributed by atoms with Crippen molar-refractivity contribution >= 4 is 17.2 Å². The van der Waals surface area contributed by atoms with E-state index in [0.29, 0.717) is 6.54 Å². The minimum Gasteiger partial charge on any atom is -0.346 e. The molecule has 2 aromatic carbocycles. The Morgan fingerprint density at radius 1 is 1.12 bits per heavy atom. The van der Waals surface area contributed by atoms with E-state index in [2.05, 4.69) is 43.9 Å². The highest BCUT2D eigenvalue weighted by atomic mass is 15.2. The van der Waals surface area contributed by atoms with Crippen molar-refractivity contribution in [1.82, 2.24) is 4.90 Å². The van der Waals surface area contributed by atoms with Crippen LogP contribution >= 0.6 is 0 Å². The summed E-state index contributed by atoms with van der Waals surface area (Å²) in [4.78, 5) is 6.82. The minimum absolute atomic E-state index is 0.538. The van der Waals surface area contributed by atoms with Crippen LogP contribution in [-0.4, -0.2) is 17.8 Å².